The van der Waals surface area contributed by atoms with Gasteiger partial charge in [0.1, 0.15) is 11.5 Å². The molecule has 1 saturated carbocycles. The maximum atomic E-state index is 11.8. The van der Waals surface area contributed by atoms with Gasteiger partial charge >= 0.3 is 0 Å². The molecule has 1 fully saturated rings. The smallest absolute Gasteiger partial charge is 0.260 e. The Morgan fingerprint density at radius 2 is 2.21 bits per heavy atom. The second kappa shape index (κ2) is 5.73. The van der Waals surface area contributed by atoms with E-state index in [1.807, 2.05) is 0 Å². The van der Waals surface area contributed by atoms with E-state index in [0.717, 1.165) is 12.8 Å². The molecule has 1 amide bonds. The number of nitrogens with zero attached hydrogens (tertiary/aromatic N) is 1. The van der Waals surface area contributed by atoms with Crippen LogP contribution in [0, 0.1) is 0 Å². The van der Waals surface area contributed by atoms with Gasteiger partial charge in [-0.3, -0.25) is 9.59 Å². The molecule has 0 spiro atoms. The van der Waals surface area contributed by atoms with Gasteiger partial charge in [0.15, 0.2) is 12.9 Å². The summed E-state index contributed by atoms with van der Waals surface area (Å²) in [6.45, 7) is -0.0684. The first-order chi connectivity index (χ1) is 9.15. The Balaban J connectivity index is 2.01. The third-order valence-corrected chi connectivity index (χ3v) is 3.19. The molecule has 0 bridgehead atoms. The van der Waals surface area contributed by atoms with Gasteiger partial charge in [-0.1, -0.05) is 0 Å². The number of methoxy groups -OCH3 is 1. The lowest BCUT2D eigenvalue weighted by Crippen LogP contribution is -2.33. The van der Waals surface area contributed by atoms with Gasteiger partial charge in [0.05, 0.1) is 12.7 Å². The van der Waals surface area contributed by atoms with Crippen LogP contribution in [-0.2, 0) is 4.79 Å². The SMILES string of the molecule is COc1ccc(C=O)c(OCC(=O)N(C)C2CC2)c1. The molecule has 0 aromatic heterocycles. The second-order valence-electron chi connectivity index (χ2n) is 4.55. The zero-order valence-corrected chi connectivity index (χ0v) is 11.1. The molecule has 19 heavy (non-hydrogen) atoms. The minimum absolute atomic E-state index is 0.0684. The van der Waals surface area contributed by atoms with E-state index in [4.69, 9.17) is 9.47 Å². The Kier molecular flexibility index (Phi) is 4.04. The van der Waals surface area contributed by atoms with Crippen LogP contribution >= 0.6 is 0 Å². The third kappa shape index (κ3) is 3.24. The second-order valence-corrected chi connectivity index (χ2v) is 4.55. The van der Waals surface area contributed by atoms with Gasteiger partial charge in [-0.25, -0.2) is 0 Å². The first kappa shape index (κ1) is 13.4. The fraction of sp³-hybridized carbons (Fsp3) is 0.429. The summed E-state index contributed by atoms with van der Waals surface area (Å²) in [5.74, 6) is 0.873. The zero-order chi connectivity index (χ0) is 13.8. The van der Waals surface area contributed by atoms with Crippen molar-refractivity contribution in [3.05, 3.63) is 23.8 Å². The Labute approximate surface area is 112 Å². The molecule has 0 saturated heterocycles. The zero-order valence-electron chi connectivity index (χ0n) is 11.1. The lowest BCUT2D eigenvalue weighted by molar-refractivity contribution is -0.132. The molecule has 5 heteroatoms. The van der Waals surface area contributed by atoms with E-state index in [-0.39, 0.29) is 12.5 Å². The Morgan fingerprint density at radius 1 is 1.47 bits per heavy atom. The average molecular weight is 263 g/mol. The number of rotatable bonds is 6. The third-order valence-electron chi connectivity index (χ3n) is 3.19. The van der Waals surface area contributed by atoms with Crippen LogP contribution in [0.1, 0.15) is 23.2 Å². The van der Waals surface area contributed by atoms with Crippen molar-refractivity contribution in [3.63, 3.8) is 0 Å². The van der Waals surface area contributed by atoms with Crippen molar-refractivity contribution in [1.82, 2.24) is 4.90 Å². The monoisotopic (exact) mass is 263 g/mol. The van der Waals surface area contributed by atoms with Crippen molar-refractivity contribution in [1.29, 1.82) is 0 Å². The van der Waals surface area contributed by atoms with E-state index in [1.165, 1.54) is 7.11 Å². The highest BCUT2D eigenvalue weighted by atomic mass is 16.5. The van der Waals surface area contributed by atoms with Crippen LogP contribution in [0.4, 0.5) is 0 Å². The van der Waals surface area contributed by atoms with Gasteiger partial charge in [-0.15, -0.1) is 0 Å². The van der Waals surface area contributed by atoms with Crippen LogP contribution < -0.4 is 9.47 Å². The molecule has 0 aliphatic heterocycles. The summed E-state index contributed by atoms with van der Waals surface area (Å²) in [7, 11) is 3.31. The minimum Gasteiger partial charge on any atom is -0.497 e. The highest BCUT2D eigenvalue weighted by Gasteiger charge is 2.29. The van der Waals surface area contributed by atoms with E-state index in [2.05, 4.69) is 0 Å². The summed E-state index contributed by atoms with van der Waals surface area (Å²) in [6.07, 6.45) is 2.81. The summed E-state index contributed by atoms with van der Waals surface area (Å²) in [5, 5.41) is 0. The van der Waals surface area contributed by atoms with Crippen LogP contribution in [0.15, 0.2) is 18.2 Å². The Hall–Kier alpha value is -2.04. The lowest BCUT2D eigenvalue weighted by Gasteiger charge is -2.17. The summed E-state index contributed by atoms with van der Waals surface area (Å²) < 4.78 is 10.5. The van der Waals surface area contributed by atoms with Crippen molar-refractivity contribution in [2.75, 3.05) is 20.8 Å². The number of hydrogen-bond acceptors (Lipinski definition) is 4. The number of aldehydes is 1. The van der Waals surface area contributed by atoms with E-state index in [1.54, 1.807) is 30.1 Å². The van der Waals surface area contributed by atoms with Crippen LogP contribution in [0.2, 0.25) is 0 Å². The predicted octanol–water partition coefficient (Wildman–Crippen LogP) is 1.51. The summed E-state index contributed by atoms with van der Waals surface area (Å²) in [6, 6.07) is 5.24. The van der Waals surface area contributed by atoms with E-state index in [9.17, 15) is 9.59 Å². The normalized spacial score (nSPS) is 13.8. The first-order valence-corrected chi connectivity index (χ1v) is 6.17. The first-order valence-electron chi connectivity index (χ1n) is 6.17. The number of benzene rings is 1. The maximum Gasteiger partial charge on any atom is 0.260 e. The van der Waals surface area contributed by atoms with E-state index < -0.39 is 0 Å². The topological polar surface area (TPSA) is 55.8 Å². The van der Waals surface area contributed by atoms with Crippen LogP contribution in [-0.4, -0.2) is 43.9 Å². The van der Waals surface area contributed by atoms with Crippen LogP contribution in [0.3, 0.4) is 0 Å². The van der Waals surface area contributed by atoms with Crippen molar-refractivity contribution >= 4 is 12.2 Å². The quantitative estimate of drug-likeness (QED) is 0.730. The largest absolute Gasteiger partial charge is 0.497 e. The van der Waals surface area contributed by atoms with Crippen molar-refractivity contribution in [2.24, 2.45) is 0 Å². The fourth-order valence-corrected chi connectivity index (χ4v) is 1.77. The summed E-state index contributed by atoms with van der Waals surface area (Å²) in [5.41, 5.74) is 0.405. The molecule has 0 radical (unpaired) electrons. The van der Waals surface area contributed by atoms with Gasteiger partial charge in [-0.2, -0.15) is 0 Å². The highest BCUT2D eigenvalue weighted by Crippen LogP contribution is 2.26. The molecular formula is C14H17NO4. The van der Waals surface area contributed by atoms with Gasteiger partial charge in [-0.05, 0) is 25.0 Å². The predicted molar refractivity (Wildman–Crippen MR) is 69.7 cm³/mol. The molecule has 2 rings (SSSR count). The number of hydrogen-bond donors (Lipinski definition) is 0. The number of carbonyl (C=O) groups is 2. The lowest BCUT2D eigenvalue weighted by atomic mass is 10.2. The molecule has 102 valence electrons. The molecular weight excluding hydrogens is 246 g/mol. The van der Waals surface area contributed by atoms with Crippen molar-refractivity contribution in [3.8, 4) is 11.5 Å². The minimum atomic E-state index is -0.0813. The molecule has 1 aromatic carbocycles. The molecule has 0 atom stereocenters. The number of likely N-dealkylation sites (N-methyl/N-ethyl adjacent to an activating group) is 1. The molecule has 0 N–H and O–H groups in total. The van der Waals surface area contributed by atoms with Crippen LogP contribution in [0.5, 0.6) is 11.5 Å². The van der Waals surface area contributed by atoms with Gasteiger partial charge in [0.2, 0.25) is 0 Å². The highest BCUT2D eigenvalue weighted by molar-refractivity contribution is 5.81. The van der Waals surface area contributed by atoms with Gasteiger partial charge in [0.25, 0.3) is 5.91 Å². The van der Waals surface area contributed by atoms with Gasteiger partial charge in [0, 0.05) is 19.2 Å². The Bertz CT molecular complexity index is 482. The van der Waals surface area contributed by atoms with Crippen molar-refractivity contribution < 1.29 is 19.1 Å². The van der Waals surface area contributed by atoms with Crippen molar-refractivity contribution in [2.45, 2.75) is 18.9 Å². The molecule has 1 aromatic rings. The van der Waals surface area contributed by atoms with Gasteiger partial charge < -0.3 is 14.4 Å². The van der Waals surface area contributed by atoms with Crippen LogP contribution in [0.25, 0.3) is 0 Å². The number of carbonyl (C=O) groups excluding carboxylic acids is 2. The summed E-state index contributed by atoms with van der Waals surface area (Å²) >= 11 is 0. The summed E-state index contributed by atoms with van der Waals surface area (Å²) in [4.78, 5) is 24.4. The molecule has 5 nitrogen and oxygen atoms in total. The molecule has 1 aliphatic carbocycles. The standard InChI is InChI=1S/C14H17NO4/c1-15(11-4-5-11)14(17)9-19-13-7-12(18-2)6-3-10(13)8-16/h3,6-8,11H,4-5,9H2,1-2H3. The number of amides is 1. The van der Waals surface area contributed by atoms with E-state index in [0.29, 0.717) is 29.4 Å². The fourth-order valence-electron chi connectivity index (χ4n) is 1.77. The Morgan fingerprint density at radius 3 is 2.79 bits per heavy atom. The maximum absolute atomic E-state index is 11.8. The molecule has 0 unspecified atom stereocenters. The molecule has 1 aliphatic rings. The number of ether oxygens (including phenoxy) is 2. The van der Waals surface area contributed by atoms with E-state index >= 15 is 0 Å². The molecule has 0 heterocycles. The average Bonchev–Trinajstić information content (AvgIpc) is 3.28.